The highest BCUT2D eigenvalue weighted by Gasteiger charge is 2.20. The van der Waals surface area contributed by atoms with Crippen molar-refractivity contribution in [2.45, 2.75) is 38.8 Å². The number of urea groups is 1. The molecule has 1 heterocycles. The Morgan fingerprint density at radius 1 is 1.39 bits per heavy atom. The predicted molar refractivity (Wildman–Crippen MR) is 70.3 cm³/mol. The average Bonchev–Trinajstić information content (AvgIpc) is 2.27. The van der Waals surface area contributed by atoms with Crippen LogP contribution in [0.4, 0.5) is 4.79 Å². The van der Waals surface area contributed by atoms with Crippen molar-refractivity contribution in [2.24, 2.45) is 0 Å². The van der Waals surface area contributed by atoms with E-state index in [4.69, 9.17) is 0 Å². The maximum atomic E-state index is 11.7. The maximum absolute atomic E-state index is 11.7. The lowest BCUT2D eigenvalue weighted by atomic mass is 10.1. The number of likely N-dealkylation sites (N-methyl/N-ethyl adjacent to an activating group) is 1. The van der Waals surface area contributed by atoms with Gasteiger partial charge in [0.2, 0.25) is 5.91 Å². The molecule has 1 rings (SSSR count). The summed E-state index contributed by atoms with van der Waals surface area (Å²) < 4.78 is 0. The first-order valence-electron chi connectivity index (χ1n) is 6.51. The first kappa shape index (κ1) is 14.9. The zero-order valence-corrected chi connectivity index (χ0v) is 11.5. The van der Waals surface area contributed by atoms with Gasteiger partial charge in [-0.2, -0.15) is 0 Å². The van der Waals surface area contributed by atoms with Gasteiger partial charge in [0.15, 0.2) is 0 Å². The van der Waals surface area contributed by atoms with Crippen LogP contribution in [-0.2, 0) is 4.79 Å². The van der Waals surface area contributed by atoms with E-state index in [1.807, 2.05) is 20.9 Å². The van der Waals surface area contributed by atoms with E-state index in [2.05, 4.69) is 20.9 Å². The molecule has 0 radical (unpaired) electrons. The lowest BCUT2D eigenvalue weighted by Crippen LogP contribution is -2.50. The Bertz CT molecular complexity index is 294. The van der Waals surface area contributed by atoms with Crippen LogP contribution < -0.4 is 16.0 Å². The van der Waals surface area contributed by atoms with Crippen molar-refractivity contribution < 1.29 is 9.59 Å². The van der Waals surface area contributed by atoms with E-state index in [0.29, 0.717) is 6.04 Å². The van der Waals surface area contributed by atoms with Crippen molar-refractivity contribution in [3.05, 3.63) is 0 Å². The number of nitrogens with one attached hydrogen (secondary N) is 3. The predicted octanol–water partition coefficient (Wildman–Crippen LogP) is -0.0956. The number of amides is 3. The van der Waals surface area contributed by atoms with Gasteiger partial charge in [-0.1, -0.05) is 0 Å². The monoisotopic (exact) mass is 256 g/mol. The number of hydrogen-bond donors (Lipinski definition) is 3. The van der Waals surface area contributed by atoms with Crippen molar-refractivity contribution in [2.75, 3.05) is 26.7 Å². The summed E-state index contributed by atoms with van der Waals surface area (Å²) in [5.41, 5.74) is 0. The molecule has 0 spiro atoms. The zero-order valence-electron chi connectivity index (χ0n) is 11.5. The van der Waals surface area contributed by atoms with Crippen LogP contribution in [0.25, 0.3) is 0 Å². The van der Waals surface area contributed by atoms with Gasteiger partial charge in [-0.05, 0) is 40.3 Å². The van der Waals surface area contributed by atoms with Crippen molar-refractivity contribution in [3.63, 3.8) is 0 Å². The van der Waals surface area contributed by atoms with Crippen molar-refractivity contribution >= 4 is 11.9 Å². The first-order chi connectivity index (χ1) is 8.51. The topological polar surface area (TPSA) is 73.5 Å². The summed E-state index contributed by atoms with van der Waals surface area (Å²) in [4.78, 5) is 25.1. The SMILES string of the molecule is CNC1CCCN(CC(=O)NC(=O)NC(C)C)C1. The van der Waals surface area contributed by atoms with Crippen LogP contribution >= 0.6 is 0 Å². The fourth-order valence-corrected chi connectivity index (χ4v) is 2.10. The van der Waals surface area contributed by atoms with Crippen molar-refractivity contribution in [3.8, 4) is 0 Å². The molecule has 1 atom stereocenters. The minimum absolute atomic E-state index is 0.0291. The molecule has 0 bridgehead atoms. The summed E-state index contributed by atoms with van der Waals surface area (Å²) in [5.74, 6) is -0.245. The molecule has 3 amide bonds. The Balaban J connectivity index is 2.29. The number of imide groups is 1. The van der Waals surface area contributed by atoms with Gasteiger partial charge in [-0.15, -0.1) is 0 Å². The van der Waals surface area contributed by atoms with E-state index in [9.17, 15) is 9.59 Å². The lowest BCUT2D eigenvalue weighted by molar-refractivity contribution is -0.121. The standard InChI is InChI=1S/C12H24N4O2/c1-9(2)14-12(18)15-11(17)8-16-6-4-5-10(7-16)13-3/h9-10,13H,4-8H2,1-3H3,(H2,14,15,17,18). The second-order valence-electron chi connectivity index (χ2n) is 5.04. The Morgan fingerprint density at radius 2 is 2.11 bits per heavy atom. The van der Waals surface area contributed by atoms with Crippen LogP contribution in [0.15, 0.2) is 0 Å². The molecule has 0 saturated carbocycles. The van der Waals surface area contributed by atoms with Crippen LogP contribution in [0.1, 0.15) is 26.7 Å². The van der Waals surface area contributed by atoms with Crippen LogP contribution in [-0.4, -0.2) is 55.6 Å². The molecular formula is C12H24N4O2. The lowest BCUT2D eigenvalue weighted by Gasteiger charge is -2.31. The van der Waals surface area contributed by atoms with E-state index in [1.165, 1.54) is 0 Å². The van der Waals surface area contributed by atoms with E-state index in [1.54, 1.807) is 0 Å². The number of carbonyl (C=O) groups is 2. The number of carbonyl (C=O) groups excluding carboxylic acids is 2. The van der Waals surface area contributed by atoms with Crippen molar-refractivity contribution in [1.82, 2.24) is 20.9 Å². The summed E-state index contributed by atoms with van der Waals surface area (Å²) >= 11 is 0. The number of rotatable bonds is 4. The second-order valence-corrected chi connectivity index (χ2v) is 5.04. The molecule has 104 valence electrons. The minimum Gasteiger partial charge on any atom is -0.336 e. The van der Waals surface area contributed by atoms with Gasteiger partial charge in [0.25, 0.3) is 0 Å². The molecule has 0 aromatic rings. The summed E-state index contributed by atoms with van der Waals surface area (Å²) in [6.07, 6.45) is 2.22. The molecule has 1 unspecified atom stereocenters. The molecule has 1 saturated heterocycles. The third kappa shape index (κ3) is 5.46. The molecule has 1 fully saturated rings. The molecule has 0 aromatic heterocycles. The van der Waals surface area contributed by atoms with Crippen LogP contribution in [0.2, 0.25) is 0 Å². The van der Waals surface area contributed by atoms with E-state index in [0.717, 1.165) is 25.9 Å². The van der Waals surface area contributed by atoms with Crippen molar-refractivity contribution in [1.29, 1.82) is 0 Å². The summed E-state index contributed by atoms with van der Waals surface area (Å²) in [5, 5.41) is 8.19. The van der Waals surface area contributed by atoms with Crippen LogP contribution in [0, 0.1) is 0 Å². The second kappa shape index (κ2) is 7.33. The first-order valence-corrected chi connectivity index (χ1v) is 6.51. The molecule has 6 nitrogen and oxygen atoms in total. The van der Waals surface area contributed by atoms with E-state index in [-0.39, 0.29) is 18.5 Å². The molecule has 6 heteroatoms. The highest BCUT2D eigenvalue weighted by molar-refractivity contribution is 5.95. The fourth-order valence-electron chi connectivity index (χ4n) is 2.10. The zero-order chi connectivity index (χ0) is 13.5. The summed E-state index contributed by atoms with van der Waals surface area (Å²) in [7, 11) is 1.93. The van der Waals surface area contributed by atoms with Gasteiger partial charge < -0.3 is 10.6 Å². The molecule has 18 heavy (non-hydrogen) atoms. The van der Waals surface area contributed by atoms with E-state index < -0.39 is 6.03 Å². The number of likely N-dealkylation sites (tertiary alicyclic amines) is 1. The normalized spacial score (nSPS) is 20.8. The van der Waals surface area contributed by atoms with Crippen LogP contribution in [0.5, 0.6) is 0 Å². The molecule has 0 aliphatic carbocycles. The Morgan fingerprint density at radius 3 is 2.72 bits per heavy atom. The number of hydrogen-bond acceptors (Lipinski definition) is 4. The van der Waals surface area contributed by atoms with Gasteiger partial charge in [-0.3, -0.25) is 15.0 Å². The highest BCUT2D eigenvalue weighted by Crippen LogP contribution is 2.08. The Kier molecular flexibility index (Phi) is 6.07. The smallest absolute Gasteiger partial charge is 0.321 e. The van der Waals surface area contributed by atoms with Gasteiger partial charge >= 0.3 is 6.03 Å². The summed E-state index contributed by atoms with van der Waals surface area (Å²) in [6.45, 7) is 5.76. The molecular weight excluding hydrogens is 232 g/mol. The van der Waals surface area contributed by atoms with Gasteiger partial charge in [0.1, 0.15) is 0 Å². The quantitative estimate of drug-likeness (QED) is 0.657. The van der Waals surface area contributed by atoms with Gasteiger partial charge in [0.05, 0.1) is 6.54 Å². The van der Waals surface area contributed by atoms with Gasteiger partial charge in [0, 0.05) is 18.6 Å². The summed E-state index contributed by atoms with van der Waals surface area (Å²) in [6, 6.07) is 0.0506. The average molecular weight is 256 g/mol. The fraction of sp³-hybridized carbons (Fsp3) is 0.833. The molecule has 3 N–H and O–H groups in total. The molecule has 0 aromatic carbocycles. The maximum Gasteiger partial charge on any atom is 0.321 e. The number of piperidine rings is 1. The molecule has 1 aliphatic rings. The van der Waals surface area contributed by atoms with Gasteiger partial charge in [-0.25, -0.2) is 4.79 Å². The highest BCUT2D eigenvalue weighted by atomic mass is 16.2. The minimum atomic E-state index is -0.419. The Hall–Kier alpha value is -1.14. The number of nitrogens with zero attached hydrogens (tertiary/aromatic N) is 1. The third-order valence-corrected chi connectivity index (χ3v) is 2.95. The van der Waals surface area contributed by atoms with E-state index >= 15 is 0 Å². The Labute approximate surface area is 108 Å². The molecule has 1 aliphatic heterocycles. The van der Waals surface area contributed by atoms with Crippen LogP contribution in [0.3, 0.4) is 0 Å². The largest absolute Gasteiger partial charge is 0.336 e. The third-order valence-electron chi connectivity index (χ3n) is 2.95.